The number of hydrogen-bond acceptors (Lipinski definition) is 3. The number of rotatable bonds is 10. The van der Waals surface area contributed by atoms with Crippen LogP contribution in [0.1, 0.15) is 43.9 Å². The summed E-state index contributed by atoms with van der Waals surface area (Å²) in [6, 6.07) is 15.3. The minimum atomic E-state index is -0.498. The Hall–Kier alpha value is -1.98. The zero-order valence-electron chi connectivity index (χ0n) is 18.2. The van der Waals surface area contributed by atoms with Crippen LogP contribution in [0.3, 0.4) is 0 Å². The monoisotopic (exact) mass is 446 g/mol. The van der Waals surface area contributed by atoms with Gasteiger partial charge in [0.15, 0.2) is 0 Å². The van der Waals surface area contributed by atoms with Crippen LogP contribution in [0.2, 0.25) is 5.02 Å². The van der Waals surface area contributed by atoms with Crippen LogP contribution in [0, 0.1) is 6.92 Å². The zero-order valence-corrected chi connectivity index (χ0v) is 19.7. The molecule has 0 saturated carbocycles. The minimum absolute atomic E-state index is 0.0254. The van der Waals surface area contributed by atoms with Crippen molar-refractivity contribution < 1.29 is 9.59 Å². The number of halogens is 1. The van der Waals surface area contributed by atoms with E-state index in [2.05, 4.69) is 5.32 Å². The molecule has 6 heteroatoms. The highest BCUT2D eigenvalue weighted by molar-refractivity contribution is 7.99. The quantitative estimate of drug-likeness (QED) is 0.544. The standard InChI is InChI=1S/C24H31ClN2O2S/c1-5-22(24(29)26-17(2)3)27(14-19-12-10-18(4)11-13-19)23(28)16-30-15-20-8-6-7-9-21(20)25/h6-13,17,22H,5,14-16H2,1-4H3,(H,26,29)/t22-/m1/s1. The highest BCUT2D eigenvalue weighted by atomic mass is 35.5. The molecule has 2 rings (SSSR count). The molecule has 1 atom stereocenters. The van der Waals surface area contributed by atoms with E-state index in [9.17, 15) is 9.59 Å². The van der Waals surface area contributed by atoms with E-state index >= 15 is 0 Å². The van der Waals surface area contributed by atoms with Gasteiger partial charge in [-0.2, -0.15) is 0 Å². The summed E-state index contributed by atoms with van der Waals surface area (Å²) in [5, 5.41) is 3.66. The summed E-state index contributed by atoms with van der Waals surface area (Å²) in [6.45, 7) is 8.24. The molecule has 4 nitrogen and oxygen atoms in total. The van der Waals surface area contributed by atoms with E-state index in [1.54, 1.807) is 4.90 Å². The number of carbonyl (C=O) groups excluding carboxylic acids is 2. The van der Waals surface area contributed by atoms with E-state index in [4.69, 9.17) is 11.6 Å². The smallest absolute Gasteiger partial charge is 0.243 e. The Morgan fingerprint density at radius 3 is 2.37 bits per heavy atom. The van der Waals surface area contributed by atoms with Crippen molar-refractivity contribution in [1.82, 2.24) is 10.2 Å². The molecule has 30 heavy (non-hydrogen) atoms. The molecule has 0 heterocycles. The summed E-state index contributed by atoms with van der Waals surface area (Å²) in [4.78, 5) is 27.7. The fraction of sp³-hybridized carbons (Fsp3) is 0.417. The van der Waals surface area contributed by atoms with Crippen molar-refractivity contribution in [3.63, 3.8) is 0 Å². The van der Waals surface area contributed by atoms with Crippen molar-refractivity contribution in [3.05, 3.63) is 70.2 Å². The first-order valence-corrected chi connectivity index (χ1v) is 11.8. The molecule has 0 aliphatic heterocycles. The number of nitrogens with one attached hydrogen (secondary N) is 1. The SMILES string of the molecule is CC[C@H](C(=O)NC(C)C)N(Cc1ccc(C)cc1)C(=O)CSCc1ccccc1Cl. The molecule has 2 aromatic carbocycles. The molecule has 0 fully saturated rings. The summed E-state index contributed by atoms with van der Waals surface area (Å²) in [5.41, 5.74) is 3.18. The maximum absolute atomic E-state index is 13.2. The summed E-state index contributed by atoms with van der Waals surface area (Å²) in [5.74, 6) is 0.795. The fourth-order valence-electron chi connectivity index (χ4n) is 3.14. The van der Waals surface area contributed by atoms with Crippen molar-refractivity contribution in [1.29, 1.82) is 0 Å². The van der Waals surface area contributed by atoms with Gasteiger partial charge in [0.2, 0.25) is 11.8 Å². The van der Waals surface area contributed by atoms with E-state index in [1.807, 2.05) is 76.2 Å². The Balaban J connectivity index is 2.13. The maximum atomic E-state index is 13.2. The summed E-state index contributed by atoms with van der Waals surface area (Å²) < 4.78 is 0. The number of aryl methyl sites for hydroxylation is 1. The van der Waals surface area contributed by atoms with Crippen molar-refractivity contribution in [2.24, 2.45) is 0 Å². The Bertz CT molecular complexity index is 839. The number of nitrogens with zero attached hydrogens (tertiary/aromatic N) is 1. The first kappa shape index (κ1) is 24.3. The number of amides is 2. The fourth-order valence-corrected chi connectivity index (χ4v) is 4.33. The van der Waals surface area contributed by atoms with Crippen LogP contribution >= 0.6 is 23.4 Å². The number of hydrogen-bond donors (Lipinski definition) is 1. The molecule has 0 aliphatic carbocycles. The Labute approximate surface area is 189 Å². The maximum Gasteiger partial charge on any atom is 0.243 e. The van der Waals surface area contributed by atoms with Gasteiger partial charge in [-0.3, -0.25) is 9.59 Å². The van der Waals surface area contributed by atoms with Gasteiger partial charge >= 0.3 is 0 Å². The van der Waals surface area contributed by atoms with Gasteiger partial charge in [0.25, 0.3) is 0 Å². The molecule has 2 aromatic rings. The predicted octanol–water partition coefficient (Wildman–Crippen LogP) is 5.21. The Morgan fingerprint density at radius 2 is 1.77 bits per heavy atom. The molecule has 1 N–H and O–H groups in total. The normalized spacial score (nSPS) is 11.9. The van der Waals surface area contributed by atoms with Crippen molar-refractivity contribution in [2.75, 3.05) is 5.75 Å². The lowest BCUT2D eigenvalue weighted by Gasteiger charge is -2.31. The molecule has 0 aromatic heterocycles. The van der Waals surface area contributed by atoms with Gasteiger partial charge < -0.3 is 10.2 Å². The molecule has 0 bridgehead atoms. The van der Waals surface area contributed by atoms with Crippen LogP contribution < -0.4 is 5.32 Å². The molecular weight excluding hydrogens is 416 g/mol. The molecular formula is C24H31ClN2O2S. The number of carbonyl (C=O) groups is 2. The van der Waals surface area contributed by atoms with Gasteiger partial charge in [-0.05, 0) is 44.4 Å². The molecule has 0 unspecified atom stereocenters. The van der Waals surface area contributed by atoms with E-state index in [0.29, 0.717) is 29.5 Å². The topological polar surface area (TPSA) is 49.4 Å². The highest BCUT2D eigenvalue weighted by Gasteiger charge is 2.28. The molecule has 0 spiro atoms. The third-order valence-corrected chi connectivity index (χ3v) is 6.07. The third kappa shape index (κ3) is 7.37. The predicted molar refractivity (Wildman–Crippen MR) is 127 cm³/mol. The Kier molecular flexibility index (Phi) is 9.73. The van der Waals surface area contributed by atoms with Gasteiger partial charge in [-0.15, -0.1) is 11.8 Å². The lowest BCUT2D eigenvalue weighted by Crippen LogP contribution is -2.50. The average molecular weight is 447 g/mol. The second-order valence-electron chi connectivity index (χ2n) is 7.68. The van der Waals surface area contributed by atoms with E-state index in [0.717, 1.165) is 16.7 Å². The largest absolute Gasteiger partial charge is 0.352 e. The average Bonchev–Trinajstić information content (AvgIpc) is 2.70. The van der Waals surface area contributed by atoms with Gasteiger partial charge in [0.1, 0.15) is 6.04 Å². The molecule has 0 aliphatic rings. The van der Waals surface area contributed by atoms with Crippen LogP contribution in [0.15, 0.2) is 48.5 Å². The van der Waals surface area contributed by atoms with Crippen LogP contribution in [-0.2, 0) is 21.9 Å². The zero-order chi connectivity index (χ0) is 22.1. The van der Waals surface area contributed by atoms with E-state index in [1.165, 1.54) is 11.8 Å². The molecule has 162 valence electrons. The van der Waals surface area contributed by atoms with Crippen LogP contribution in [0.5, 0.6) is 0 Å². The van der Waals surface area contributed by atoms with Crippen molar-refractivity contribution in [3.8, 4) is 0 Å². The van der Waals surface area contributed by atoms with Gasteiger partial charge in [0.05, 0.1) is 5.75 Å². The van der Waals surface area contributed by atoms with E-state index < -0.39 is 6.04 Å². The molecule has 0 saturated heterocycles. The van der Waals surface area contributed by atoms with Crippen molar-refractivity contribution in [2.45, 2.75) is 58.5 Å². The van der Waals surface area contributed by atoms with Gasteiger partial charge in [-0.25, -0.2) is 0 Å². The molecule has 2 amide bonds. The van der Waals surface area contributed by atoms with Crippen LogP contribution in [0.25, 0.3) is 0 Å². The number of benzene rings is 2. The summed E-state index contributed by atoms with van der Waals surface area (Å²) >= 11 is 7.74. The second-order valence-corrected chi connectivity index (χ2v) is 9.07. The van der Waals surface area contributed by atoms with Gasteiger partial charge in [0, 0.05) is 23.4 Å². The van der Waals surface area contributed by atoms with E-state index in [-0.39, 0.29) is 17.9 Å². The first-order chi connectivity index (χ1) is 14.3. The third-order valence-electron chi connectivity index (χ3n) is 4.73. The minimum Gasteiger partial charge on any atom is -0.352 e. The van der Waals surface area contributed by atoms with Crippen LogP contribution in [-0.4, -0.2) is 34.6 Å². The lowest BCUT2D eigenvalue weighted by molar-refractivity contribution is -0.139. The van der Waals surface area contributed by atoms with Crippen LogP contribution in [0.4, 0.5) is 0 Å². The Morgan fingerprint density at radius 1 is 1.10 bits per heavy atom. The number of thioether (sulfide) groups is 1. The summed E-state index contributed by atoms with van der Waals surface area (Å²) in [7, 11) is 0. The van der Waals surface area contributed by atoms with Crippen molar-refractivity contribution >= 4 is 35.2 Å². The van der Waals surface area contributed by atoms with Gasteiger partial charge in [-0.1, -0.05) is 66.6 Å². The highest BCUT2D eigenvalue weighted by Crippen LogP contribution is 2.22. The molecule has 0 radical (unpaired) electrons. The lowest BCUT2D eigenvalue weighted by atomic mass is 10.1. The first-order valence-electron chi connectivity index (χ1n) is 10.3. The summed E-state index contributed by atoms with van der Waals surface area (Å²) in [6.07, 6.45) is 0.561. The second kappa shape index (κ2) is 12.0.